The standard InChI is InChI=1S/C52H45N7O6S5/c1-51(2,3)64-50(62)56-49-54-39(32-69-49)41(57-65-52(36-23-13-6-14-24-36,37-25-15-7-16-26-37)38-27-17-8-18-28-38)45(60)55-42-46(61)59-43(35(31-68-47(42)59)30-67-40-29-53-58-70-40)48(66)63-44(33-19-9-4-10-20-33)34-21-11-5-12-22-34/h4-29,32,42,44,47H,30-31H2,1-3H3,(H,55,60)(H,54,56,62)/b57-41-/t42-,47-/m1/s1. The second kappa shape index (κ2) is 21.5. The van der Waals surface area contributed by atoms with Crippen molar-refractivity contribution < 1.29 is 28.7 Å². The first-order valence-corrected chi connectivity index (χ1v) is 26.2. The lowest BCUT2D eigenvalue weighted by molar-refractivity contribution is -0.144. The summed E-state index contributed by atoms with van der Waals surface area (Å²) in [6.45, 7) is 5.26. The van der Waals surface area contributed by atoms with Crippen LogP contribution in [0.3, 0.4) is 0 Å². The molecule has 13 nitrogen and oxygen atoms in total. The van der Waals surface area contributed by atoms with Crippen molar-refractivity contribution in [3.8, 4) is 0 Å². The molecular weight excluding hydrogens is 979 g/mol. The van der Waals surface area contributed by atoms with Crippen LogP contribution in [0, 0.1) is 0 Å². The van der Waals surface area contributed by atoms with Crippen LogP contribution in [-0.4, -0.2) is 76.7 Å². The third-order valence-electron chi connectivity index (χ3n) is 11.1. The van der Waals surface area contributed by atoms with Gasteiger partial charge in [0, 0.05) is 33.6 Å². The van der Waals surface area contributed by atoms with Crippen molar-refractivity contribution in [2.24, 2.45) is 5.16 Å². The summed E-state index contributed by atoms with van der Waals surface area (Å²) in [4.78, 5) is 55.6. The van der Waals surface area contributed by atoms with Crippen LogP contribution in [0.25, 0.3) is 0 Å². The average molecular weight is 1020 g/mol. The number of hydrogen-bond acceptors (Lipinski definition) is 15. The van der Waals surface area contributed by atoms with Crippen LogP contribution >= 0.6 is 58.6 Å². The number of rotatable bonds is 16. The number of carbonyl (C=O) groups is 3. The second-order valence-corrected chi connectivity index (χ2v) is 21.3. The maximum atomic E-state index is 15.0. The van der Waals surface area contributed by atoms with Gasteiger partial charge in [-0.15, -0.1) is 40.0 Å². The fourth-order valence-electron chi connectivity index (χ4n) is 7.95. The van der Waals surface area contributed by atoms with E-state index in [0.717, 1.165) is 48.9 Å². The van der Waals surface area contributed by atoms with Crippen LogP contribution in [0.5, 0.6) is 0 Å². The molecule has 18 heteroatoms. The highest BCUT2D eigenvalue weighted by atomic mass is 32.2. The highest BCUT2D eigenvalue weighted by Crippen LogP contribution is 2.44. The van der Waals surface area contributed by atoms with E-state index in [1.807, 2.05) is 152 Å². The summed E-state index contributed by atoms with van der Waals surface area (Å²) < 4.78 is 17.1. The zero-order chi connectivity index (χ0) is 48.7. The molecule has 0 spiro atoms. The number of anilines is 1. The average Bonchev–Trinajstić information content (AvgIpc) is 4.09. The zero-order valence-electron chi connectivity index (χ0n) is 38.0. The molecule has 7 aromatic rings. The van der Waals surface area contributed by atoms with Gasteiger partial charge in [-0.3, -0.25) is 19.8 Å². The van der Waals surface area contributed by atoms with Gasteiger partial charge in [0.05, 0.1) is 11.9 Å². The van der Waals surface area contributed by atoms with Gasteiger partial charge < -0.3 is 19.6 Å². The Bertz CT molecular complexity index is 2870. The van der Waals surface area contributed by atoms with Gasteiger partial charge in [0.1, 0.15) is 33.0 Å². The summed E-state index contributed by atoms with van der Waals surface area (Å²) in [6.07, 6.45) is 0.420. The highest BCUT2D eigenvalue weighted by Gasteiger charge is 2.54. The number of oxime groups is 1. The Balaban J connectivity index is 1.06. The number of thiazole rings is 1. The number of ether oxygens (including phenoxy) is 2. The number of benzene rings is 5. The molecule has 5 aromatic carbocycles. The monoisotopic (exact) mass is 1020 g/mol. The second-order valence-electron chi connectivity index (χ2n) is 16.9. The number of β-lactam (4-membered cyclic amide) rings is 1. The molecule has 0 radical (unpaired) electrons. The number of aromatic nitrogens is 3. The van der Waals surface area contributed by atoms with Crippen molar-refractivity contribution in [2.45, 2.75) is 53.7 Å². The van der Waals surface area contributed by atoms with Gasteiger partial charge in [0.15, 0.2) is 10.8 Å². The number of carbonyl (C=O) groups excluding carboxylic acids is 3. The molecule has 70 heavy (non-hydrogen) atoms. The van der Waals surface area contributed by atoms with Crippen molar-refractivity contribution in [1.82, 2.24) is 24.8 Å². The van der Waals surface area contributed by atoms with E-state index in [4.69, 9.17) is 31.7 Å². The number of hydrogen-bond donors (Lipinski definition) is 2. The first-order valence-electron chi connectivity index (χ1n) is 22.1. The number of thiocarbonyl (C=S) groups is 1. The topological polar surface area (TPSA) is 157 Å². The molecule has 0 bridgehead atoms. The smallest absolute Gasteiger partial charge is 0.413 e. The van der Waals surface area contributed by atoms with Crippen molar-refractivity contribution in [3.05, 3.63) is 208 Å². The lowest BCUT2D eigenvalue weighted by Gasteiger charge is -2.50. The van der Waals surface area contributed by atoms with Crippen LogP contribution in [0.2, 0.25) is 0 Å². The predicted octanol–water partition coefficient (Wildman–Crippen LogP) is 10.6. The summed E-state index contributed by atoms with van der Waals surface area (Å²) in [6, 6.07) is 47.4. The number of amides is 3. The van der Waals surface area contributed by atoms with E-state index in [9.17, 15) is 14.4 Å². The third kappa shape index (κ3) is 10.7. The van der Waals surface area contributed by atoms with Crippen LogP contribution in [-0.2, 0) is 29.5 Å². The Morgan fingerprint density at radius 2 is 1.40 bits per heavy atom. The maximum absolute atomic E-state index is 15.0. The van der Waals surface area contributed by atoms with E-state index in [-0.39, 0.29) is 27.5 Å². The molecular formula is C52H45N7O6S5. The van der Waals surface area contributed by atoms with Crippen LogP contribution in [0.1, 0.15) is 60.4 Å². The highest BCUT2D eigenvalue weighted by molar-refractivity contribution is 8.02. The van der Waals surface area contributed by atoms with Crippen LogP contribution in [0.15, 0.2) is 184 Å². The fourth-order valence-corrected chi connectivity index (χ4v) is 11.9. The van der Waals surface area contributed by atoms with E-state index in [2.05, 4.69) is 25.2 Å². The van der Waals surface area contributed by atoms with E-state index >= 15 is 0 Å². The molecule has 2 aromatic heterocycles. The Kier molecular flexibility index (Phi) is 14.9. The number of thioether (sulfide) groups is 2. The van der Waals surface area contributed by atoms with Crippen molar-refractivity contribution in [3.63, 3.8) is 0 Å². The van der Waals surface area contributed by atoms with Gasteiger partial charge in [0.25, 0.3) is 11.8 Å². The molecule has 3 amide bonds. The van der Waals surface area contributed by atoms with Gasteiger partial charge in [-0.2, -0.15) is 0 Å². The summed E-state index contributed by atoms with van der Waals surface area (Å²) in [7, 11) is 0. The van der Waals surface area contributed by atoms with Gasteiger partial charge in [0.2, 0.25) is 10.7 Å². The minimum absolute atomic E-state index is 0.0939. The van der Waals surface area contributed by atoms with Gasteiger partial charge in [-0.1, -0.05) is 161 Å². The fraction of sp³-hybridized carbons (Fsp3) is 0.192. The quantitative estimate of drug-likeness (QED) is 0.0236. The summed E-state index contributed by atoms with van der Waals surface area (Å²) >= 11 is 11.6. The first-order chi connectivity index (χ1) is 34.0. The summed E-state index contributed by atoms with van der Waals surface area (Å²) in [5, 5.41) is 15.7. The third-order valence-corrected chi connectivity index (χ3v) is 15.4. The Labute approximate surface area is 426 Å². The van der Waals surface area contributed by atoms with Crippen molar-refractivity contribution in [2.75, 3.05) is 16.8 Å². The molecule has 1 saturated heterocycles. The molecule has 4 heterocycles. The minimum Gasteiger partial charge on any atom is -0.469 e. The van der Waals surface area contributed by atoms with E-state index < -0.39 is 40.7 Å². The number of nitrogens with zero attached hydrogens (tertiary/aromatic N) is 5. The molecule has 354 valence electrons. The molecule has 0 aliphatic carbocycles. The summed E-state index contributed by atoms with van der Waals surface area (Å²) in [5.74, 6) is -0.132. The SMILES string of the molecule is CC(C)(C)OC(=O)Nc1nc(/C(=N/OC(c2ccccc2)(c2ccccc2)c2ccccc2)C(=O)N[C@@H]2C(=O)N3C(C(=S)OC(c4ccccc4)c4ccccc4)=C(CSc4cnns4)CS[C@H]23)cs1. The molecule has 2 aliphatic rings. The van der Waals surface area contributed by atoms with E-state index in [0.29, 0.717) is 17.2 Å². The molecule has 2 N–H and O–H groups in total. The number of nitrogens with one attached hydrogen (secondary N) is 2. The normalized spacial score (nSPS) is 16.0. The molecule has 2 aliphatic heterocycles. The molecule has 0 saturated carbocycles. The van der Waals surface area contributed by atoms with Crippen molar-refractivity contribution >= 4 is 92.4 Å². The van der Waals surface area contributed by atoms with Crippen LogP contribution in [0.4, 0.5) is 9.93 Å². The first kappa shape index (κ1) is 48.3. The van der Waals surface area contributed by atoms with E-state index in [1.54, 1.807) is 49.0 Å². The lowest BCUT2D eigenvalue weighted by atomic mass is 9.80. The summed E-state index contributed by atoms with van der Waals surface area (Å²) in [5.41, 5.74) is 3.12. The van der Waals surface area contributed by atoms with Gasteiger partial charge in [-0.05, 0) is 61.2 Å². The Hall–Kier alpha value is -6.70. The minimum atomic E-state index is -1.36. The maximum Gasteiger partial charge on any atom is 0.413 e. The van der Waals surface area contributed by atoms with Crippen molar-refractivity contribution in [1.29, 1.82) is 0 Å². The molecule has 2 atom stereocenters. The molecule has 1 fully saturated rings. The van der Waals surface area contributed by atoms with Crippen LogP contribution < -0.4 is 10.6 Å². The Morgan fingerprint density at radius 1 is 0.843 bits per heavy atom. The molecule has 9 rings (SSSR count). The predicted molar refractivity (Wildman–Crippen MR) is 280 cm³/mol. The molecule has 0 unspecified atom stereocenters. The number of fused-ring (bicyclic) bond motifs is 1. The van der Waals surface area contributed by atoms with E-state index in [1.165, 1.54) is 23.3 Å². The lowest BCUT2D eigenvalue weighted by Crippen LogP contribution is -2.71. The largest absolute Gasteiger partial charge is 0.469 e. The Morgan fingerprint density at radius 3 is 1.93 bits per heavy atom. The van der Waals surface area contributed by atoms with Gasteiger partial charge in [-0.25, -0.2) is 9.78 Å². The van der Waals surface area contributed by atoms with Gasteiger partial charge >= 0.3 is 6.09 Å². The zero-order valence-corrected chi connectivity index (χ0v) is 42.0.